The standard InChI is InChI=1S/C14H25NO/c1-12-5-7-13(8-6-12)14(16)11-15-9-3-2-4-10-15/h12-13H,2-11H2,1H3/p+1. The lowest BCUT2D eigenvalue weighted by atomic mass is 9.81. The van der Waals surface area contributed by atoms with Gasteiger partial charge < -0.3 is 4.90 Å². The molecule has 1 aliphatic heterocycles. The molecular formula is C14H26NO+. The van der Waals surface area contributed by atoms with Crippen LogP contribution in [0.3, 0.4) is 0 Å². The van der Waals surface area contributed by atoms with E-state index in [9.17, 15) is 4.79 Å². The molecule has 0 radical (unpaired) electrons. The molecule has 16 heavy (non-hydrogen) atoms. The Labute approximate surface area is 99.4 Å². The second-order valence-electron chi connectivity index (χ2n) is 5.91. The van der Waals surface area contributed by atoms with Crippen LogP contribution in [0.15, 0.2) is 0 Å². The summed E-state index contributed by atoms with van der Waals surface area (Å²) in [5.41, 5.74) is 0. The van der Waals surface area contributed by atoms with Gasteiger partial charge >= 0.3 is 0 Å². The van der Waals surface area contributed by atoms with Crippen molar-refractivity contribution in [1.29, 1.82) is 0 Å². The van der Waals surface area contributed by atoms with Crippen LogP contribution in [-0.2, 0) is 4.79 Å². The van der Waals surface area contributed by atoms with Gasteiger partial charge in [-0.05, 0) is 38.0 Å². The van der Waals surface area contributed by atoms with Crippen molar-refractivity contribution >= 4 is 5.78 Å². The molecule has 0 atom stereocenters. The minimum atomic E-state index is 0.408. The maximum Gasteiger partial charge on any atom is 0.189 e. The molecule has 0 bridgehead atoms. The Balaban J connectivity index is 1.74. The molecule has 2 heteroatoms. The molecular weight excluding hydrogens is 198 g/mol. The van der Waals surface area contributed by atoms with Gasteiger partial charge in [-0.25, -0.2) is 0 Å². The van der Waals surface area contributed by atoms with Gasteiger partial charge in [0, 0.05) is 5.92 Å². The van der Waals surface area contributed by atoms with Gasteiger partial charge in [0.25, 0.3) is 0 Å². The molecule has 1 saturated heterocycles. The normalized spacial score (nSPS) is 32.6. The fraction of sp³-hybridized carbons (Fsp3) is 0.929. The summed E-state index contributed by atoms with van der Waals surface area (Å²) in [6.45, 7) is 5.60. The van der Waals surface area contributed by atoms with Crippen LogP contribution in [0.1, 0.15) is 51.9 Å². The molecule has 2 aliphatic rings. The minimum absolute atomic E-state index is 0.408. The Hall–Kier alpha value is -0.370. The lowest BCUT2D eigenvalue weighted by Crippen LogP contribution is -3.13. The van der Waals surface area contributed by atoms with Crippen LogP contribution in [0, 0.1) is 11.8 Å². The van der Waals surface area contributed by atoms with Crippen LogP contribution in [0.2, 0.25) is 0 Å². The molecule has 1 saturated carbocycles. The molecule has 1 heterocycles. The van der Waals surface area contributed by atoms with Gasteiger partial charge in [-0.2, -0.15) is 0 Å². The zero-order chi connectivity index (χ0) is 11.4. The molecule has 92 valence electrons. The van der Waals surface area contributed by atoms with E-state index < -0.39 is 0 Å². The molecule has 2 rings (SSSR count). The van der Waals surface area contributed by atoms with E-state index in [1.807, 2.05) is 0 Å². The second kappa shape index (κ2) is 5.81. The van der Waals surface area contributed by atoms with Gasteiger partial charge in [0.15, 0.2) is 5.78 Å². The lowest BCUT2D eigenvalue weighted by molar-refractivity contribution is -0.896. The van der Waals surface area contributed by atoms with E-state index in [4.69, 9.17) is 0 Å². The summed E-state index contributed by atoms with van der Waals surface area (Å²) >= 11 is 0. The first-order valence-corrected chi connectivity index (χ1v) is 7.12. The van der Waals surface area contributed by atoms with Crippen LogP contribution < -0.4 is 4.90 Å². The summed E-state index contributed by atoms with van der Waals surface area (Å²) in [5, 5.41) is 0. The van der Waals surface area contributed by atoms with Crippen LogP contribution in [-0.4, -0.2) is 25.4 Å². The van der Waals surface area contributed by atoms with Crippen molar-refractivity contribution < 1.29 is 9.69 Å². The van der Waals surface area contributed by atoms with Gasteiger partial charge in [-0.1, -0.05) is 19.8 Å². The predicted octanol–water partition coefficient (Wildman–Crippen LogP) is 1.45. The third-order valence-electron chi connectivity index (χ3n) is 4.46. The van der Waals surface area contributed by atoms with Crippen LogP contribution in [0.4, 0.5) is 0 Å². The molecule has 1 aliphatic carbocycles. The average molecular weight is 224 g/mol. The van der Waals surface area contributed by atoms with E-state index >= 15 is 0 Å². The molecule has 2 nitrogen and oxygen atoms in total. The fourth-order valence-corrected chi connectivity index (χ4v) is 3.20. The lowest BCUT2D eigenvalue weighted by Gasteiger charge is -2.28. The Morgan fingerprint density at radius 3 is 2.31 bits per heavy atom. The number of nitrogens with one attached hydrogen (secondary N) is 1. The number of carbonyl (C=O) groups is 1. The highest BCUT2D eigenvalue weighted by Gasteiger charge is 2.27. The van der Waals surface area contributed by atoms with Gasteiger partial charge in [0.2, 0.25) is 0 Å². The third-order valence-corrected chi connectivity index (χ3v) is 4.46. The maximum absolute atomic E-state index is 12.2. The fourth-order valence-electron chi connectivity index (χ4n) is 3.20. The number of hydrogen-bond donors (Lipinski definition) is 1. The van der Waals surface area contributed by atoms with E-state index in [1.54, 1.807) is 4.90 Å². The molecule has 0 aromatic rings. The number of piperidine rings is 1. The number of hydrogen-bond acceptors (Lipinski definition) is 1. The molecule has 0 unspecified atom stereocenters. The van der Waals surface area contributed by atoms with Crippen LogP contribution in [0.25, 0.3) is 0 Å². The van der Waals surface area contributed by atoms with E-state index in [1.165, 1.54) is 45.2 Å². The summed E-state index contributed by atoms with van der Waals surface area (Å²) in [5.74, 6) is 1.82. The number of rotatable bonds is 3. The Bertz CT molecular complexity index is 225. The predicted molar refractivity (Wildman–Crippen MR) is 65.5 cm³/mol. The molecule has 0 aromatic carbocycles. The topological polar surface area (TPSA) is 21.5 Å². The average Bonchev–Trinajstić information content (AvgIpc) is 2.31. The largest absolute Gasteiger partial charge is 0.329 e. The quantitative estimate of drug-likeness (QED) is 0.770. The highest BCUT2D eigenvalue weighted by Crippen LogP contribution is 2.28. The third kappa shape index (κ3) is 3.31. The highest BCUT2D eigenvalue weighted by molar-refractivity contribution is 5.81. The molecule has 2 fully saturated rings. The van der Waals surface area contributed by atoms with E-state index in [0.717, 1.165) is 25.3 Å². The van der Waals surface area contributed by atoms with E-state index in [2.05, 4.69) is 6.92 Å². The van der Waals surface area contributed by atoms with Gasteiger partial charge in [-0.3, -0.25) is 4.79 Å². The van der Waals surface area contributed by atoms with E-state index in [0.29, 0.717) is 11.7 Å². The van der Waals surface area contributed by atoms with Crippen molar-refractivity contribution in [2.75, 3.05) is 19.6 Å². The van der Waals surface area contributed by atoms with Gasteiger partial charge in [0.05, 0.1) is 13.1 Å². The monoisotopic (exact) mass is 224 g/mol. The minimum Gasteiger partial charge on any atom is -0.329 e. The van der Waals surface area contributed by atoms with Crippen LogP contribution >= 0.6 is 0 Å². The van der Waals surface area contributed by atoms with Crippen molar-refractivity contribution in [2.24, 2.45) is 11.8 Å². The Morgan fingerprint density at radius 1 is 1.06 bits per heavy atom. The van der Waals surface area contributed by atoms with E-state index in [-0.39, 0.29) is 0 Å². The summed E-state index contributed by atoms with van der Waals surface area (Å²) in [6.07, 6.45) is 8.88. The number of Topliss-reactive ketones (excluding diaryl/α,β-unsaturated/α-hetero) is 1. The molecule has 1 N–H and O–H groups in total. The van der Waals surface area contributed by atoms with Crippen LogP contribution in [0.5, 0.6) is 0 Å². The first-order valence-electron chi connectivity index (χ1n) is 7.12. The van der Waals surface area contributed by atoms with Crippen molar-refractivity contribution in [3.05, 3.63) is 0 Å². The van der Waals surface area contributed by atoms with Gasteiger partial charge in [-0.15, -0.1) is 0 Å². The first kappa shape index (κ1) is 12.1. The maximum atomic E-state index is 12.2. The summed E-state index contributed by atoms with van der Waals surface area (Å²) in [7, 11) is 0. The number of likely N-dealkylation sites (tertiary alicyclic amines) is 1. The van der Waals surface area contributed by atoms with Crippen molar-refractivity contribution in [3.8, 4) is 0 Å². The first-order chi connectivity index (χ1) is 7.75. The molecule has 0 aromatic heterocycles. The Kier molecular flexibility index (Phi) is 4.39. The Morgan fingerprint density at radius 2 is 1.69 bits per heavy atom. The number of ketones is 1. The number of quaternary nitrogens is 1. The zero-order valence-corrected chi connectivity index (χ0v) is 10.6. The summed E-state index contributed by atoms with van der Waals surface area (Å²) in [4.78, 5) is 13.7. The second-order valence-corrected chi connectivity index (χ2v) is 5.91. The molecule has 0 amide bonds. The van der Waals surface area contributed by atoms with Gasteiger partial charge in [0.1, 0.15) is 6.54 Å². The van der Waals surface area contributed by atoms with Crippen molar-refractivity contribution in [1.82, 2.24) is 0 Å². The number of carbonyl (C=O) groups excluding carboxylic acids is 1. The summed E-state index contributed by atoms with van der Waals surface area (Å²) < 4.78 is 0. The van der Waals surface area contributed by atoms with Crippen molar-refractivity contribution in [2.45, 2.75) is 51.9 Å². The van der Waals surface area contributed by atoms with Crippen molar-refractivity contribution in [3.63, 3.8) is 0 Å². The zero-order valence-electron chi connectivity index (χ0n) is 10.6. The SMILES string of the molecule is CC1CCC(C(=O)C[NH+]2CCCCC2)CC1. The smallest absolute Gasteiger partial charge is 0.189 e. The molecule has 0 spiro atoms. The highest BCUT2D eigenvalue weighted by atomic mass is 16.1. The summed E-state index contributed by atoms with van der Waals surface area (Å²) in [6, 6.07) is 0.